The van der Waals surface area contributed by atoms with Gasteiger partial charge in [0.25, 0.3) is 0 Å². The van der Waals surface area contributed by atoms with E-state index >= 15 is 0 Å². The fraction of sp³-hybridized carbons (Fsp3) is 0.727. The first kappa shape index (κ1) is 16.3. The number of hydrogen-bond acceptors (Lipinski definition) is 3. The molecule has 0 heterocycles. The number of nitrogens with one attached hydrogen (secondary N) is 2. The van der Waals surface area contributed by atoms with Gasteiger partial charge in [0.2, 0.25) is 11.8 Å². The van der Waals surface area contributed by atoms with Crippen LogP contribution in [-0.4, -0.2) is 42.2 Å². The van der Waals surface area contributed by atoms with Crippen LogP contribution in [0.1, 0.15) is 26.7 Å². The molecule has 0 spiro atoms. The van der Waals surface area contributed by atoms with Gasteiger partial charge in [0.15, 0.2) is 6.04 Å². The molecule has 0 aromatic carbocycles. The molecule has 1 atom stereocenters. The quantitative estimate of drug-likeness (QED) is 0.577. The molecular weight excluding hydrogens is 243 g/mol. The number of carbonyl (C=O) groups is 3. The van der Waals surface area contributed by atoms with Gasteiger partial charge >= 0.3 is 5.97 Å². The van der Waals surface area contributed by atoms with Gasteiger partial charge in [-0.15, -0.1) is 0 Å². The predicted octanol–water partition coefficient (Wildman–Crippen LogP) is 0.0777. The fourth-order valence-corrected chi connectivity index (χ4v) is 1.10. The van der Waals surface area contributed by atoms with Gasteiger partial charge in [-0.25, -0.2) is 9.18 Å². The van der Waals surface area contributed by atoms with Crippen molar-refractivity contribution in [2.24, 2.45) is 5.92 Å². The van der Waals surface area contributed by atoms with E-state index in [0.717, 1.165) is 0 Å². The maximum absolute atomic E-state index is 12.2. The van der Waals surface area contributed by atoms with Crippen LogP contribution >= 0.6 is 0 Å². The van der Waals surface area contributed by atoms with Crippen LogP contribution in [0.4, 0.5) is 4.39 Å². The zero-order chi connectivity index (χ0) is 14.1. The van der Waals surface area contributed by atoms with Gasteiger partial charge in [-0.3, -0.25) is 9.59 Å². The Morgan fingerprint density at radius 2 is 1.83 bits per heavy atom. The number of alkyl halides is 1. The van der Waals surface area contributed by atoms with Crippen molar-refractivity contribution in [3.8, 4) is 0 Å². The highest BCUT2D eigenvalue weighted by molar-refractivity contribution is 5.87. The SMILES string of the molecule is CC(C)CCC(=O)NCC(=O)NC(CF)C(=O)O. The molecule has 3 N–H and O–H groups in total. The molecule has 0 radical (unpaired) electrons. The summed E-state index contributed by atoms with van der Waals surface area (Å²) in [5.74, 6) is -2.08. The molecule has 0 fully saturated rings. The molecule has 0 aliphatic carbocycles. The molecule has 2 amide bonds. The first-order valence-corrected chi connectivity index (χ1v) is 5.71. The Balaban J connectivity index is 3.89. The highest BCUT2D eigenvalue weighted by atomic mass is 19.1. The molecule has 6 nitrogen and oxygen atoms in total. The van der Waals surface area contributed by atoms with E-state index in [-0.39, 0.29) is 12.5 Å². The van der Waals surface area contributed by atoms with Crippen molar-refractivity contribution >= 4 is 17.8 Å². The molecule has 0 saturated heterocycles. The maximum Gasteiger partial charge on any atom is 0.328 e. The highest BCUT2D eigenvalue weighted by Gasteiger charge is 2.19. The summed E-state index contributed by atoms with van der Waals surface area (Å²) in [6, 6.07) is -1.56. The van der Waals surface area contributed by atoms with E-state index in [9.17, 15) is 18.8 Å². The third kappa shape index (κ3) is 7.59. The lowest BCUT2D eigenvalue weighted by Gasteiger charge is -2.11. The standard InChI is InChI=1S/C11H19FN2O4/c1-7(2)3-4-9(15)13-6-10(16)14-8(5-12)11(17)18/h7-8H,3-6H2,1-2H3,(H,13,15)(H,14,16)(H,17,18). The number of amides is 2. The number of hydrogen-bond donors (Lipinski definition) is 3. The Hall–Kier alpha value is -1.66. The summed E-state index contributed by atoms with van der Waals surface area (Å²) >= 11 is 0. The molecule has 0 aliphatic heterocycles. The minimum Gasteiger partial charge on any atom is -0.480 e. The van der Waals surface area contributed by atoms with E-state index in [1.807, 2.05) is 19.2 Å². The normalized spacial score (nSPS) is 12.0. The van der Waals surface area contributed by atoms with Crippen LogP contribution in [-0.2, 0) is 14.4 Å². The zero-order valence-corrected chi connectivity index (χ0v) is 10.5. The van der Waals surface area contributed by atoms with Gasteiger partial charge in [-0.1, -0.05) is 13.8 Å². The van der Waals surface area contributed by atoms with Gasteiger partial charge in [-0.05, 0) is 12.3 Å². The van der Waals surface area contributed by atoms with E-state index in [0.29, 0.717) is 18.8 Å². The molecule has 0 saturated carbocycles. The van der Waals surface area contributed by atoms with Crippen LogP contribution < -0.4 is 10.6 Å². The Bertz CT molecular complexity index is 307. The van der Waals surface area contributed by atoms with Crippen LogP contribution in [0.25, 0.3) is 0 Å². The molecule has 0 bridgehead atoms. The van der Waals surface area contributed by atoms with Crippen LogP contribution in [0.5, 0.6) is 0 Å². The molecule has 0 aliphatic rings. The van der Waals surface area contributed by atoms with E-state index < -0.39 is 24.6 Å². The van der Waals surface area contributed by atoms with Crippen LogP contribution in [0, 0.1) is 5.92 Å². The second-order valence-corrected chi connectivity index (χ2v) is 4.32. The number of carboxylic acid groups (broad SMARTS) is 1. The average molecular weight is 262 g/mol. The second kappa shape index (κ2) is 8.43. The van der Waals surface area contributed by atoms with Crippen LogP contribution in [0.3, 0.4) is 0 Å². The van der Waals surface area contributed by atoms with Crippen molar-refractivity contribution in [1.82, 2.24) is 10.6 Å². The van der Waals surface area contributed by atoms with Gasteiger partial charge < -0.3 is 15.7 Å². The minimum absolute atomic E-state index is 0.286. The zero-order valence-electron chi connectivity index (χ0n) is 10.5. The monoisotopic (exact) mass is 262 g/mol. The van der Waals surface area contributed by atoms with Crippen LogP contribution in [0.15, 0.2) is 0 Å². The highest BCUT2D eigenvalue weighted by Crippen LogP contribution is 2.02. The van der Waals surface area contributed by atoms with Crippen molar-refractivity contribution in [3.05, 3.63) is 0 Å². The predicted molar refractivity (Wildman–Crippen MR) is 62.6 cm³/mol. The first-order valence-electron chi connectivity index (χ1n) is 5.71. The Labute approximate surface area is 105 Å². The molecule has 18 heavy (non-hydrogen) atoms. The van der Waals surface area contributed by atoms with Crippen molar-refractivity contribution < 1.29 is 23.9 Å². The minimum atomic E-state index is -1.56. The fourth-order valence-electron chi connectivity index (χ4n) is 1.10. The van der Waals surface area contributed by atoms with Crippen LogP contribution in [0.2, 0.25) is 0 Å². The Morgan fingerprint density at radius 1 is 1.22 bits per heavy atom. The van der Waals surface area contributed by atoms with Gasteiger partial charge in [-0.2, -0.15) is 0 Å². The van der Waals surface area contributed by atoms with E-state index in [4.69, 9.17) is 5.11 Å². The molecule has 0 rings (SSSR count). The van der Waals surface area contributed by atoms with Gasteiger partial charge in [0.1, 0.15) is 6.67 Å². The van der Waals surface area contributed by atoms with Crippen molar-refractivity contribution in [3.63, 3.8) is 0 Å². The topological polar surface area (TPSA) is 95.5 Å². The van der Waals surface area contributed by atoms with Gasteiger partial charge in [0, 0.05) is 6.42 Å². The second-order valence-electron chi connectivity index (χ2n) is 4.32. The lowest BCUT2D eigenvalue weighted by Crippen LogP contribution is -2.46. The number of carboxylic acids is 1. The summed E-state index contributed by atoms with van der Waals surface area (Å²) in [5, 5.41) is 12.8. The molecule has 0 aromatic heterocycles. The summed E-state index contributed by atoms with van der Waals surface area (Å²) in [7, 11) is 0. The number of halogens is 1. The molecule has 7 heteroatoms. The molecular formula is C11H19FN2O4. The largest absolute Gasteiger partial charge is 0.480 e. The van der Waals surface area contributed by atoms with E-state index in [1.165, 1.54) is 0 Å². The summed E-state index contributed by atoms with van der Waals surface area (Å²) in [6.45, 7) is 2.40. The number of rotatable bonds is 8. The summed E-state index contributed by atoms with van der Waals surface area (Å²) in [6.07, 6.45) is 1.01. The number of aliphatic carboxylic acids is 1. The maximum atomic E-state index is 12.2. The van der Waals surface area contributed by atoms with Gasteiger partial charge in [0.05, 0.1) is 6.54 Å². The summed E-state index contributed by atoms with van der Waals surface area (Å²) < 4.78 is 12.2. The Morgan fingerprint density at radius 3 is 2.28 bits per heavy atom. The molecule has 1 unspecified atom stereocenters. The first-order chi connectivity index (χ1) is 8.36. The average Bonchev–Trinajstić information content (AvgIpc) is 2.30. The third-order valence-corrected chi connectivity index (χ3v) is 2.18. The summed E-state index contributed by atoms with van der Waals surface area (Å²) in [4.78, 5) is 32.9. The number of carbonyl (C=O) groups excluding carboxylic acids is 2. The van der Waals surface area contributed by atoms with E-state index in [1.54, 1.807) is 0 Å². The lowest BCUT2D eigenvalue weighted by atomic mass is 10.1. The van der Waals surface area contributed by atoms with E-state index in [2.05, 4.69) is 5.32 Å². The smallest absolute Gasteiger partial charge is 0.328 e. The Kier molecular flexibility index (Phi) is 7.66. The molecule has 0 aromatic rings. The van der Waals surface area contributed by atoms with Crippen molar-refractivity contribution in [1.29, 1.82) is 0 Å². The van der Waals surface area contributed by atoms with Crippen molar-refractivity contribution in [2.75, 3.05) is 13.2 Å². The summed E-state index contributed by atoms with van der Waals surface area (Å²) in [5.41, 5.74) is 0. The lowest BCUT2D eigenvalue weighted by molar-refractivity contribution is -0.142. The molecule has 104 valence electrons. The third-order valence-electron chi connectivity index (χ3n) is 2.18. The van der Waals surface area contributed by atoms with Crippen molar-refractivity contribution in [2.45, 2.75) is 32.7 Å².